The van der Waals surface area contributed by atoms with Crippen molar-refractivity contribution in [1.29, 1.82) is 0 Å². The number of hydrogen-bond donors (Lipinski definition) is 2. The number of nitrogens with one attached hydrogen (secondary N) is 1. The zero-order valence-electron chi connectivity index (χ0n) is 7.84. The van der Waals surface area contributed by atoms with Gasteiger partial charge in [-0.1, -0.05) is 20.3 Å². The van der Waals surface area contributed by atoms with Crippen molar-refractivity contribution < 1.29 is 4.79 Å². The van der Waals surface area contributed by atoms with E-state index in [-0.39, 0.29) is 11.9 Å². The largest absolute Gasteiger partial charge is 0.368 e. The Morgan fingerprint density at radius 2 is 2.08 bits per heavy atom. The first kappa shape index (κ1) is 9.52. The van der Waals surface area contributed by atoms with Crippen molar-refractivity contribution in [3.8, 4) is 0 Å². The topological polar surface area (TPSA) is 55.1 Å². The van der Waals surface area contributed by atoms with E-state index >= 15 is 0 Å². The van der Waals surface area contributed by atoms with Gasteiger partial charge in [0.25, 0.3) is 0 Å². The van der Waals surface area contributed by atoms with E-state index in [9.17, 15) is 4.79 Å². The van der Waals surface area contributed by atoms with Crippen LogP contribution in [0.1, 0.15) is 33.1 Å². The second-order valence-corrected chi connectivity index (χ2v) is 3.92. The standard InChI is InChI=1S/C9H18N2O/c1-6(2)8(9(10)12)11-7-4-3-5-7/h6-8,11H,3-5H2,1-2H3,(H2,10,12). The molecular weight excluding hydrogens is 152 g/mol. The second kappa shape index (κ2) is 3.90. The number of carbonyl (C=O) groups excluding carboxylic acids is 1. The van der Waals surface area contributed by atoms with E-state index < -0.39 is 0 Å². The van der Waals surface area contributed by atoms with Gasteiger partial charge >= 0.3 is 0 Å². The van der Waals surface area contributed by atoms with Crippen molar-refractivity contribution in [3.05, 3.63) is 0 Å². The number of carbonyl (C=O) groups is 1. The van der Waals surface area contributed by atoms with Crippen molar-refractivity contribution in [3.63, 3.8) is 0 Å². The molecule has 1 atom stereocenters. The van der Waals surface area contributed by atoms with Crippen LogP contribution in [0.2, 0.25) is 0 Å². The minimum atomic E-state index is -0.225. The highest BCUT2D eigenvalue weighted by Crippen LogP contribution is 2.19. The van der Waals surface area contributed by atoms with Gasteiger partial charge in [0.15, 0.2) is 0 Å². The molecule has 0 aliphatic heterocycles. The Morgan fingerprint density at radius 1 is 1.50 bits per heavy atom. The van der Waals surface area contributed by atoms with Gasteiger partial charge < -0.3 is 11.1 Å². The van der Waals surface area contributed by atoms with E-state index in [2.05, 4.69) is 5.32 Å². The molecule has 0 radical (unpaired) electrons. The first-order valence-electron chi connectivity index (χ1n) is 4.66. The molecule has 0 bridgehead atoms. The smallest absolute Gasteiger partial charge is 0.234 e. The van der Waals surface area contributed by atoms with Gasteiger partial charge in [-0.2, -0.15) is 0 Å². The van der Waals surface area contributed by atoms with Gasteiger partial charge in [0.1, 0.15) is 0 Å². The predicted octanol–water partition coefficient (Wildman–Crippen LogP) is 0.638. The molecule has 3 N–H and O–H groups in total. The highest BCUT2D eigenvalue weighted by Gasteiger charge is 2.25. The van der Waals surface area contributed by atoms with Crippen LogP contribution in [-0.2, 0) is 4.79 Å². The minimum absolute atomic E-state index is 0.143. The van der Waals surface area contributed by atoms with Crippen LogP contribution < -0.4 is 11.1 Å². The molecule has 0 saturated heterocycles. The lowest BCUT2D eigenvalue weighted by Crippen LogP contribution is -2.51. The molecule has 1 rings (SSSR count). The van der Waals surface area contributed by atoms with E-state index in [1.54, 1.807) is 0 Å². The summed E-state index contributed by atoms with van der Waals surface area (Å²) in [6.45, 7) is 4.03. The highest BCUT2D eigenvalue weighted by molar-refractivity contribution is 5.80. The number of hydrogen-bond acceptors (Lipinski definition) is 2. The van der Waals surface area contributed by atoms with Gasteiger partial charge in [-0.3, -0.25) is 4.79 Å². The third kappa shape index (κ3) is 2.21. The van der Waals surface area contributed by atoms with E-state index in [1.807, 2.05) is 13.8 Å². The summed E-state index contributed by atoms with van der Waals surface area (Å²) in [6.07, 6.45) is 3.66. The maximum Gasteiger partial charge on any atom is 0.234 e. The van der Waals surface area contributed by atoms with Crippen LogP contribution in [0.4, 0.5) is 0 Å². The molecule has 3 nitrogen and oxygen atoms in total. The van der Waals surface area contributed by atoms with Gasteiger partial charge in [0, 0.05) is 6.04 Å². The average molecular weight is 170 g/mol. The van der Waals surface area contributed by atoms with E-state index in [0.29, 0.717) is 12.0 Å². The molecule has 1 saturated carbocycles. The van der Waals surface area contributed by atoms with Gasteiger partial charge in [0.05, 0.1) is 6.04 Å². The summed E-state index contributed by atoms with van der Waals surface area (Å²) < 4.78 is 0. The molecule has 0 aromatic rings. The minimum Gasteiger partial charge on any atom is -0.368 e. The predicted molar refractivity (Wildman–Crippen MR) is 48.6 cm³/mol. The second-order valence-electron chi connectivity index (χ2n) is 3.92. The summed E-state index contributed by atoms with van der Waals surface area (Å²) in [5.74, 6) is 0.0694. The maximum absolute atomic E-state index is 11.0. The molecule has 0 heterocycles. The summed E-state index contributed by atoms with van der Waals surface area (Å²) in [7, 11) is 0. The molecule has 12 heavy (non-hydrogen) atoms. The molecule has 1 unspecified atom stereocenters. The lowest BCUT2D eigenvalue weighted by molar-refractivity contribution is -0.121. The Balaban J connectivity index is 2.36. The Bertz CT molecular complexity index is 164. The SMILES string of the molecule is CC(C)C(NC1CCC1)C(N)=O. The zero-order valence-corrected chi connectivity index (χ0v) is 7.84. The van der Waals surface area contributed by atoms with Gasteiger partial charge in [0.2, 0.25) is 5.91 Å². The Labute approximate surface area is 73.7 Å². The number of amides is 1. The Kier molecular flexibility index (Phi) is 3.09. The quantitative estimate of drug-likeness (QED) is 0.650. The number of nitrogens with two attached hydrogens (primary N) is 1. The average Bonchev–Trinajstić information content (AvgIpc) is 1.82. The summed E-state index contributed by atoms with van der Waals surface area (Å²) in [5.41, 5.74) is 5.26. The lowest BCUT2D eigenvalue weighted by atomic mass is 9.91. The van der Waals surface area contributed by atoms with Crippen molar-refractivity contribution >= 4 is 5.91 Å². The van der Waals surface area contributed by atoms with Crippen molar-refractivity contribution in [2.45, 2.75) is 45.2 Å². The molecule has 1 amide bonds. The van der Waals surface area contributed by atoms with E-state index in [0.717, 1.165) is 0 Å². The molecule has 1 aliphatic carbocycles. The van der Waals surface area contributed by atoms with Crippen molar-refractivity contribution in [2.75, 3.05) is 0 Å². The molecule has 3 heteroatoms. The molecule has 70 valence electrons. The highest BCUT2D eigenvalue weighted by atomic mass is 16.1. The number of primary amides is 1. The fourth-order valence-corrected chi connectivity index (χ4v) is 1.43. The van der Waals surface area contributed by atoms with Gasteiger partial charge in [-0.25, -0.2) is 0 Å². The third-order valence-corrected chi connectivity index (χ3v) is 2.49. The lowest BCUT2D eigenvalue weighted by Gasteiger charge is -2.31. The fraction of sp³-hybridized carbons (Fsp3) is 0.889. The molecule has 0 aromatic heterocycles. The zero-order chi connectivity index (χ0) is 9.14. The molecule has 1 fully saturated rings. The van der Waals surface area contributed by atoms with Crippen LogP contribution in [0.5, 0.6) is 0 Å². The Morgan fingerprint density at radius 3 is 2.33 bits per heavy atom. The van der Waals surface area contributed by atoms with Crippen LogP contribution in [0.15, 0.2) is 0 Å². The summed E-state index contributed by atoms with van der Waals surface area (Å²) in [5, 5.41) is 3.28. The van der Waals surface area contributed by atoms with Crippen LogP contribution in [0, 0.1) is 5.92 Å². The van der Waals surface area contributed by atoms with Gasteiger partial charge in [-0.05, 0) is 18.8 Å². The summed E-state index contributed by atoms with van der Waals surface area (Å²) in [4.78, 5) is 11.0. The first-order valence-corrected chi connectivity index (χ1v) is 4.66. The van der Waals surface area contributed by atoms with Crippen molar-refractivity contribution in [2.24, 2.45) is 11.7 Å². The third-order valence-electron chi connectivity index (χ3n) is 2.49. The molecule has 0 spiro atoms. The van der Waals surface area contributed by atoms with E-state index in [1.165, 1.54) is 19.3 Å². The van der Waals surface area contributed by atoms with Crippen LogP contribution in [0.25, 0.3) is 0 Å². The fourth-order valence-electron chi connectivity index (χ4n) is 1.43. The maximum atomic E-state index is 11.0. The van der Waals surface area contributed by atoms with Crippen LogP contribution in [-0.4, -0.2) is 18.0 Å². The molecule has 1 aliphatic rings. The van der Waals surface area contributed by atoms with Crippen LogP contribution in [0.3, 0.4) is 0 Å². The van der Waals surface area contributed by atoms with Crippen molar-refractivity contribution in [1.82, 2.24) is 5.32 Å². The summed E-state index contributed by atoms with van der Waals surface area (Å²) >= 11 is 0. The number of rotatable bonds is 4. The molecule has 0 aromatic carbocycles. The normalized spacial score (nSPS) is 20.6. The first-order chi connectivity index (χ1) is 5.61. The van der Waals surface area contributed by atoms with Crippen LogP contribution >= 0.6 is 0 Å². The Hall–Kier alpha value is -0.570. The summed E-state index contributed by atoms with van der Waals surface area (Å²) in [6, 6.07) is 0.389. The van der Waals surface area contributed by atoms with Gasteiger partial charge in [-0.15, -0.1) is 0 Å². The monoisotopic (exact) mass is 170 g/mol. The molecular formula is C9H18N2O. The van der Waals surface area contributed by atoms with E-state index in [4.69, 9.17) is 5.73 Å².